The van der Waals surface area contributed by atoms with E-state index in [-0.39, 0.29) is 0 Å². The molecule has 3 heterocycles. The second kappa shape index (κ2) is 7.50. The number of aromatic nitrogens is 2. The first-order chi connectivity index (χ1) is 14.2. The van der Waals surface area contributed by atoms with Crippen molar-refractivity contribution in [1.29, 1.82) is 0 Å². The van der Waals surface area contributed by atoms with Gasteiger partial charge >= 0.3 is 0 Å². The van der Waals surface area contributed by atoms with Crippen molar-refractivity contribution < 1.29 is 4.42 Å². The van der Waals surface area contributed by atoms with Gasteiger partial charge < -0.3 is 14.6 Å². The monoisotopic (exact) mass is 404 g/mol. The first-order valence-corrected chi connectivity index (χ1v) is 10.2. The molecule has 1 saturated heterocycles. The van der Waals surface area contributed by atoms with Crippen LogP contribution < -0.4 is 10.2 Å². The molecule has 1 fully saturated rings. The van der Waals surface area contributed by atoms with E-state index in [1.54, 1.807) is 6.20 Å². The first-order valence-electron chi connectivity index (χ1n) is 9.79. The van der Waals surface area contributed by atoms with Crippen LogP contribution in [-0.4, -0.2) is 35.6 Å². The molecule has 2 aromatic heterocycles. The van der Waals surface area contributed by atoms with Crippen molar-refractivity contribution in [3.8, 4) is 22.4 Å². The molecular formula is C23H21ClN4O. The van der Waals surface area contributed by atoms with Crippen molar-refractivity contribution in [2.45, 2.75) is 13.0 Å². The van der Waals surface area contributed by atoms with Crippen LogP contribution in [0.4, 0.5) is 6.01 Å². The normalized spacial score (nSPS) is 17.0. The van der Waals surface area contributed by atoms with E-state index in [9.17, 15) is 0 Å². The van der Waals surface area contributed by atoms with Crippen molar-refractivity contribution in [1.82, 2.24) is 15.3 Å². The molecule has 1 N–H and O–H groups in total. The average molecular weight is 405 g/mol. The second-order valence-corrected chi connectivity index (χ2v) is 7.69. The summed E-state index contributed by atoms with van der Waals surface area (Å²) in [5.41, 5.74) is 5.06. The summed E-state index contributed by atoms with van der Waals surface area (Å²) in [7, 11) is 0. The first kappa shape index (κ1) is 18.2. The molecule has 6 heteroatoms. The van der Waals surface area contributed by atoms with Crippen LogP contribution in [-0.2, 0) is 0 Å². The molecule has 5 rings (SSSR count). The van der Waals surface area contributed by atoms with Crippen LogP contribution in [0, 0.1) is 0 Å². The lowest BCUT2D eigenvalue weighted by Crippen LogP contribution is -2.50. The molecule has 0 bridgehead atoms. The van der Waals surface area contributed by atoms with Crippen LogP contribution in [0.5, 0.6) is 0 Å². The minimum Gasteiger partial charge on any atom is -0.423 e. The highest BCUT2D eigenvalue weighted by Crippen LogP contribution is 2.42. The topological polar surface area (TPSA) is 54.2 Å². The Balaban J connectivity index is 1.77. The minimum absolute atomic E-state index is 0.297. The van der Waals surface area contributed by atoms with Crippen LogP contribution in [0.3, 0.4) is 0 Å². The van der Waals surface area contributed by atoms with Crippen molar-refractivity contribution >= 4 is 28.7 Å². The van der Waals surface area contributed by atoms with Crippen molar-refractivity contribution in [3.63, 3.8) is 0 Å². The third-order valence-electron chi connectivity index (χ3n) is 5.36. The van der Waals surface area contributed by atoms with Crippen LogP contribution in [0.25, 0.3) is 33.5 Å². The number of piperazine rings is 1. The summed E-state index contributed by atoms with van der Waals surface area (Å²) >= 11 is 6.78. The van der Waals surface area contributed by atoms with E-state index < -0.39 is 0 Å². The van der Waals surface area contributed by atoms with E-state index in [0.29, 0.717) is 22.7 Å². The van der Waals surface area contributed by atoms with E-state index in [4.69, 9.17) is 21.0 Å². The summed E-state index contributed by atoms with van der Waals surface area (Å²) < 4.78 is 6.37. The Morgan fingerprint density at radius 3 is 2.72 bits per heavy atom. The molecule has 0 saturated carbocycles. The van der Waals surface area contributed by atoms with E-state index in [1.165, 1.54) is 0 Å². The number of benzene rings is 2. The zero-order valence-corrected chi connectivity index (χ0v) is 16.9. The number of nitrogens with zero attached hydrogens (tertiary/aromatic N) is 3. The molecule has 2 aromatic carbocycles. The number of halogens is 1. The molecule has 4 aromatic rings. The number of hydrogen-bond acceptors (Lipinski definition) is 5. The highest BCUT2D eigenvalue weighted by Gasteiger charge is 2.26. The van der Waals surface area contributed by atoms with Gasteiger partial charge in [-0.25, -0.2) is 0 Å². The maximum atomic E-state index is 6.78. The SMILES string of the molecule is C[C@H]1CNCCN1c1nc2c(-c3ccccc3)c(Cl)cc(-c3ccccn3)c2o1. The van der Waals surface area contributed by atoms with Crippen LogP contribution in [0.1, 0.15) is 6.92 Å². The lowest BCUT2D eigenvalue weighted by atomic mass is 10.0. The maximum absolute atomic E-state index is 6.78. The Hall–Kier alpha value is -2.89. The van der Waals surface area contributed by atoms with Gasteiger partial charge in [0, 0.05) is 43.0 Å². The standard InChI is InChI=1S/C23H21ClN4O/c1-15-14-25-11-12-28(15)23-27-21-20(16-7-3-2-4-8-16)18(24)13-17(22(21)29-23)19-9-5-6-10-26-19/h2-10,13,15,25H,11-12,14H2,1H3/t15-/m0/s1. The number of nitrogens with one attached hydrogen (secondary N) is 1. The van der Waals surface area contributed by atoms with Gasteiger partial charge in [-0.05, 0) is 30.7 Å². The zero-order valence-electron chi connectivity index (χ0n) is 16.1. The van der Waals surface area contributed by atoms with E-state index in [2.05, 4.69) is 22.1 Å². The van der Waals surface area contributed by atoms with Gasteiger partial charge in [0.05, 0.1) is 10.7 Å². The molecule has 0 unspecified atom stereocenters. The number of oxazole rings is 1. The lowest BCUT2D eigenvalue weighted by Gasteiger charge is -2.32. The van der Waals surface area contributed by atoms with Crippen LogP contribution in [0.15, 0.2) is 65.2 Å². The molecule has 0 spiro atoms. The molecule has 1 atom stereocenters. The van der Waals surface area contributed by atoms with Crippen molar-refractivity contribution in [2.24, 2.45) is 0 Å². The van der Waals surface area contributed by atoms with E-state index in [1.807, 2.05) is 54.6 Å². The van der Waals surface area contributed by atoms with Crippen LogP contribution >= 0.6 is 11.6 Å². The molecular weight excluding hydrogens is 384 g/mol. The van der Waals surface area contributed by atoms with Crippen LogP contribution in [0.2, 0.25) is 5.02 Å². The largest absolute Gasteiger partial charge is 0.423 e. The molecule has 29 heavy (non-hydrogen) atoms. The lowest BCUT2D eigenvalue weighted by molar-refractivity contribution is 0.456. The predicted molar refractivity (Wildman–Crippen MR) is 117 cm³/mol. The van der Waals surface area contributed by atoms with Gasteiger partial charge in [-0.1, -0.05) is 48.0 Å². The summed E-state index contributed by atoms with van der Waals surface area (Å²) in [6.07, 6.45) is 1.77. The molecule has 0 aliphatic carbocycles. The minimum atomic E-state index is 0.297. The fourth-order valence-corrected chi connectivity index (χ4v) is 4.19. The third kappa shape index (κ3) is 3.26. The van der Waals surface area contributed by atoms with Gasteiger partial charge in [0.15, 0.2) is 5.58 Å². The quantitative estimate of drug-likeness (QED) is 0.520. The summed E-state index contributed by atoms with van der Waals surface area (Å²) in [5, 5.41) is 4.05. The van der Waals surface area contributed by atoms with Gasteiger partial charge in [-0.2, -0.15) is 4.98 Å². The number of pyridine rings is 1. The maximum Gasteiger partial charge on any atom is 0.298 e. The summed E-state index contributed by atoms with van der Waals surface area (Å²) in [5.74, 6) is 0. The fraction of sp³-hybridized carbons (Fsp3) is 0.217. The van der Waals surface area contributed by atoms with E-state index >= 15 is 0 Å². The Kier molecular flexibility index (Phi) is 4.70. The van der Waals surface area contributed by atoms with Crippen molar-refractivity contribution in [3.05, 3.63) is 65.8 Å². The molecule has 5 nitrogen and oxygen atoms in total. The summed E-state index contributed by atoms with van der Waals surface area (Å²) in [6.45, 7) is 4.83. The van der Waals surface area contributed by atoms with Gasteiger partial charge in [0.1, 0.15) is 5.52 Å². The Labute approximate surface area is 174 Å². The van der Waals surface area contributed by atoms with Gasteiger partial charge in [0.25, 0.3) is 6.01 Å². The number of rotatable bonds is 3. The molecule has 146 valence electrons. The van der Waals surface area contributed by atoms with E-state index in [0.717, 1.165) is 47.5 Å². The molecule has 0 radical (unpaired) electrons. The Morgan fingerprint density at radius 1 is 1.14 bits per heavy atom. The number of anilines is 1. The number of fused-ring (bicyclic) bond motifs is 1. The molecule has 1 aliphatic rings. The predicted octanol–water partition coefficient (Wildman–Crippen LogP) is 5.01. The zero-order chi connectivity index (χ0) is 19.8. The van der Waals surface area contributed by atoms with Gasteiger partial charge in [-0.3, -0.25) is 4.98 Å². The summed E-state index contributed by atoms with van der Waals surface area (Å²) in [6, 6.07) is 18.8. The van der Waals surface area contributed by atoms with Gasteiger partial charge in [-0.15, -0.1) is 0 Å². The van der Waals surface area contributed by atoms with Crippen molar-refractivity contribution in [2.75, 3.05) is 24.5 Å². The Bertz CT molecular complexity index is 1140. The smallest absolute Gasteiger partial charge is 0.298 e. The third-order valence-corrected chi connectivity index (χ3v) is 5.66. The average Bonchev–Trinajstić information content (AvgIpc) is 3.19. The fourth-order valence-electron chi connectivity index (χ4n) is 3.88. The number of hydrogen-bond donors (Lipinski definition) is 1. The highest BCUT2D eigenvalue weighted by atomic mass is 35.5. The second-order valence-electron chi connectivity index (χ2n) is 7.28. The Morgan fingerprint density at radius 2 is 1.97 bits per heavy atom. The van der Waals surface area contributed by atoms with Gasteiger partial charge in [0.2, 0.25) is 0 Å². The highest BCUT2D eigenvalue weighted by molar-refractivity contribution is 6.35. The summed E-state index contributed by atoms with van der Waals surface area (Å²) in [4.78, 5) is 11.6. The molecule has 1 aliphatic heterocycles. The molecule has 0 amide bonds.